The van der Waals surface area contributed by atoms with Gasteiger partial charge in [0.15, 0.2) is 5.82 Å². The summed E-state index contributed by atoms with van der Waals surface area (Å²) in [7, 11) is 1.64. The Hall–Kier alpha value is -2.67. The highest BCUT2D eigenvalue weighted by molar-refractivity contribution is 7.99. The number of para-hydroxylation sites is 1. The third-order valence-corrected chi connectivity index (χ3v) is 4.91. The Morgan fingerprint density at radius 3 is 2.58 bits per heavy atom. The van der Waals surface area contributed by atoms with Gasteiger partial charge in [-0.25, -0.2) is 4.68 Å². The quantitative estimate of drug-likeness (QED) is 0.371. The van der Waals surface area contributed by atoms with E-state index in [1.807, 2.05) is 55.5 Å². The molecular formula is C19H22N4O2S. The number of rotatable bonds is 8. The van der Waals surface area contributed by atoms with Crippen LogP contribution in [0.25, 0.3) is 11.4 Å². The van der Waals surface area contributed by atoms with Crippen LogP contribution >= 0.6 is 11.8 Å². The molecule has 2 N–H and O–H groups in total. The van der Waals surface area contributed by atoms with Gasteiger partial charge in [0.05, 0.1) is 13.7 Å². The van der Waals surface area contributed by atoms with E-state index in [2.05, 4.69) is 10.2 Å². The number of thioether (sulfide) groups is 1. The van der Waals surface area contributed by atoms with Crippen LogP contribution in [0.5, 0.6) is 11.5 Å². The van der Waals surface area contributed by atoms with E-state index in [0.29, 0.717) is 17.6 Å². The molecule has 0 fully saturated rings. The van der Waals surface area contributed by atoms with Gasteiger partial charge in [0, 0.05) is 11.3 Å². The van der Waals surface area contributed by atoms with Crippen LogP contribution in [0.1, 0.15) is 12.0 Å². The Kier molecular flexibility index (Phi) is 6.01. The highest BCUT2D eigenvalue weighted by atomic mass is 32.2. The van der Waals surface area contributed by atoms with Gasteiger partial charge in [-0.1, -0.05) is 30.0 Å². The molecule has 0 aliphatic carbocycles. The number of hydrogen-bond acceptors (Lipinski definition) is 6. The smallest absolute Gasteiger partial charge is 0.210 e. The average Bonchev–Trinajstić information content (AvgIpc) is 3.03. The SMILES string of the molecule is COc1ccc(-c2nnc(SCCCOc3ccccc3C)n2N)cc1. The number of benzene rings is 2. The van der Waals surface area contributed by atoms with Crippen molar-refractivity contribution in [2.75, 3.05) is 25.3 Å². The Bertz CT molecular complexity index is 849. The highest BCUT2D eigenvalue weighted by Gasteiger charge is 2.12. The van der Waals surface area contributed by atoms with Crippen molar-refractivity contribution >= 4 is 11.8 Å². The van der Waals surface area contributed by atoms with Crippen molar-refractivity contribution in [2.45, 2.75) is 18.5 Å². The zero-order valence-corrected chi connectivity index (χ0v) is 15.7. The van der Waals surface area contributed by atoms with Crippen LogP contribution in [0.2, 0.25) is 0 Å². The number of aromatic nitrogens is 3. The zero-order chi connectivity index (χ0) is 18.4. The Balaban J connectivity index is 1.51. The van der Waals surface area contributed by atoms with Crippen LogP contribution in [0.3, 0.4) is 0 Å². The lowest BCUT2D eigenvalue weighted by atomic mass is 10.2. The summed E-state index contributed by atoms with van der Waals surface area (Å²) in [5.74, 6) is 9.35. The number of aryl methyl sites for hydroxylation is 1. The van der Waals surface area contributed by atoms with Crippen molar-refractivity contribution < 1.29 is 9.47 Å². The molecule has 6 nitrogen and oxygen atoms in total. The lowest BCUT2D eigenvalue weighted by Gasteiger charge is -2.08. The van der Waals surface area contributed by atoms with E-state index in [1.54, 1.807) is 18.9 Å². The summed E-state index contributed by atoms with van der Waals surface area (Å²) in [5, 5.41) is 9.06. The first-order valence-corrected chi connectivity index (χ1v) is 9.33. The number of nitrogen functional groups attached to an aromatic ring is 1. The van der Waals surface area contributed by atoms with Crippen molar-refractivity contribution in [3.8, 4) is 22.9 Å². The second-order valence-electron chi connectivity index (χ2n) is 5.72. The lowest BCUT2D eigenvalue weighted by molar-refractivity contribution is 0.316. The van der Waals surface area contributed by atoms with Crippen LogP contribution in [0.15, 0.2) is 53.7 Å². The number of nitrogens with two attached hydrogens (primary N) is 1. The van der Waals surface area contributed by atoms with Crippen molar-refractivity contribution in [1.82, 2.24) is 14.9 Å². The van der Waals surface area contributed by atoms with Crippen molar-refractivity contribution in [2.24, 2.45) is 0 Å². The van der Waals surface area contributed by atoms with Gasteiger partial charge in [0.1, 0.15) is 11.5 Å². The first kappa shape index (κ1) is 18.1. The van der Waals surface area contributed by atoms with Crippen molar-refractivity contribution in [1.29, 1.82) is 0 Å². The van der Waals surface area contributed by atoms with Gasteiger partial charge >= 0.3 is 0 Å². The van der Waals surface area contributed by atoms with Crippen LogP contribution in [-0.2, 0) is 0 Å². The minimum absolute atomic E-state index is 0.631. The Morgan fingerprint density at radius 2 is 1.85 bits per heavy atom. The normalized spacial score (nSPS) is 10.7. The molecule has 0 aliphatic heterocycles. The molecule has 3 aromatic rings. The van der Waals surface area contributed by atoms with Gasteiger partial charge in [-0.3, -0.25) is 0 Å². The molecule has 0 unspecified atom stereocenters. The van der Waals surface area contributed by atoms with Crippen molar-refractivity contribution in [3.63, 3.8) is 0 Å². The molecule has 2 aromatic carbocycles. The van der Waals surface area contributed by atoms with Crippen LogP contribution in [0, 0.1) is 6.92 Å². The zero-order valence-electron chi connectivity index (χ0n) is 14.9. The molecule has 1 heterocycles. The second-order valence-corrected chi connectivity index (χ2v) is 6.78. The summed E-state index contributed by atoms with van der Waals surface area (Å²) in [6.45, 7) is 2.70. The van der Waals surface area contributed by atoms with Gasteiger partial charge in [0.2, 0.25) is 5.16 Å². The van der Waals surface area contributed by atoms with E-state index in [-0.39, 0.29) is 0 Å². The second kappa shape index (κ2) is 8.62. The summed E-state index contributed by atoms with van der Waals surface area (Å²) in [6, 6.07) is 15.6. The standard InChI is InChI=1S/C19H22N4O2S/c1-14-6-3-4-7-17(14)25-12-5-13-26-19-22-21-18(23(19)20)15-8-10-16(24-2)11-9-15/h3-4,6-11H,5,12-13,20H2,1-2H3. The summed E-state index contributed by atoms with van der Waals surface area (Å²) in [4.78, 5) is 0. The number of methoxy groups -OCH3 is 1. The summed E-state index contributed by atoms with van der Waals surface area (Å²) in [5.41, 5.74) is 2.04. The van der Waals surface area contributed by atoms with Crippen molar-refractivity contribution in [3.05, 3.63) is 54.1 Å². The Labute approximate surface area is 157 Å². The van der Waals surface area contributed by atoms with Gasteiger partial charge in [-0.2, -0.15) is 0 Å². The topological polar surface area (TPSA) is 75.2 Å². The lowest BCUT2D eigenvalue weighted by Crippen LogP contribution is -2.12. The molecule has 0 saturated heterocycles. The molecule has 0 amide bonds. The van der Waals surface area contributed by atoms with Gasteiger partial charge < -0.3 is 15.3 Å². The summed E-state index contributed by atoms with van der Waals surface area (Å²) < 4.78 is 12.5. The maximum atomic E-state index is 6.14. The number of nitrogens with zero attached hydrogens (tertiary/aromatic N) is 3. The summed E-state index contributed by atoms with van der Waals surface area (Å²) in [6.07, 6.45) is 0.893. The van der Waals surface area contributed by atoms with Crippen LogP contribution in [0.4, 0.5) is 0 Å². The number of hydrogen-bond donors (Lipinski definition) is 1. The third kappa shape index (κ3) is 4.29. The molecule has 0 radical (unpaired) electrons. The predicted octanol–water partition coefficient (Wildman–Crippen LogP) is 3.54. The molecule has 0 aliphatic rings. The van der Waals surface area contributed by atoms with Gasteiger partial charge in [-0.05, 0) is 49.2 Å². The number of ether oxygens (including phenoxy) is 2. The molecule has 26 heavy (non-hydrogen) atoms. The minimum atomic E-state index is 0.631. The van der Waals surface area contributed by atoms with Crippen LogP contribution in [-0.4, -0.2) is 34.3 Å². The maximum absolute atomic E-state index is 6.14. The molecule has 1 aromatic heterocycles. The fourth-order valence-electron chi connectivity index (χ4n) is 2.44. The summed E-state index contributed by atoms with van der Waals surface area (Å²) >= 11 is 1.57. The molecule has 7 heteroatoms. The van der Waals surface area contributed by atoms with E-state index >= 15 is 0 Å². The molecule has 0 spiro atoms. The Morgan fingerprint density at radius 1 is 1.08 bits per heavy atom. The van der Waals surface area contributed by atoms with E-state index in [9.17, 15) is 0 Å². The first-order valence-electron chi connectivity index (χ1n) is 8.35. The van der Waals surface area contributed by atoms with Crippen LogP contribution < -0.4 is 15.3 Å². The fourth-order valence-corrected chi connectivity index (χ4v) is 3.20. The largest absolute Gasteiger partial charge is 0.497 e. The molecule has 136 valence electrons. The maximum Gasteiger partial charge on any atom is 0.210 e. The molecule has 0 bridgehead atoms. The molecule has 3 rings (SSSR count). The highest BCUT2D eigenvalue weighted by Crippen LogP contribution is 2.24. The molecule has 0 saturated carbocycles. The van der Waals surface area contributed by atoms with E-state index in [1.165, 1.54) is 4.68 Å². The predicted molar refractivity (Wildman–Crippen MR) is 104 cm³/mol. The van der Waals surface area contributed by atoms with Gasteiger partial charge in [0.25, 0.3) is 0 Å². The van der Waals surface area contributed by atoms with E-state index in [4.69, 9.17) is 15.3 Å². The third-order valence-electron chi connectivity index (χ3n) is 3.88. The average molecular weight is 370 g/mol. The molecular weight excluding hydrogens is 348 g/mol. The minimum Gasteiger partial charge on any atom is -0.497 e. The van der Waals surface area contributed by atoms with E-state index in [0.717, 1.165) is 34.8 Å². The van der Waals surface area contributed by atoms with Gasteiger partial charge in [-0.15, -0.1) is 10.2 Å². The van der Waals surface area contributed by atoms with E-state index < -0.39 is 0 Å². The molecule has 0 atom stereocenters. The monoisotopic (exact) mass is 370 g/mol. The fraction of sp³-hybridized carbons (Fsp3) is 0.263. The first-order chi connectivity index (χ1) is 12.7.